The number of esters is 1. The Bertz CT molecular complexity index is 708. The van der Waals surface area contributed by atoms with Crippen molar-refractivity contribution in [3.63, 3.8) is 0 Å². The quantitative estimate of drug-likeness (QED) is 0.550. The van der Waals surface area contributed by atoms with Gasteiger partial charge in [0.25, 0.3) is 5.91 Å². The third-order valence-electron chi connectivity index (χ3n) is 4.04. The van der Waals surface area contributed by atoms with Gasteiger partial charge in [0, 0.05) is 12.0 Å². The van der Waals surface area contributed by atoms with Gasteiger partial charge in [0.1, 0.15) is 12.3 Å². The normalized spacial score (nSPS) is 15.5. The lowest BCUT2D eigenvalue weighted by atomic mass is 10.0. The SMILES string of the molecule is CCCC(=O)c1ccc2c(c1)N(CC(=O)OCC(C)C)C(=O)C(C)(C)O2. The zero-order chi connectivity index (χ0) is 19.5. The Morgan fingerprint density at radius 2 is 1.96 bits per heavy atom. The van der Waals surface area contributed by atoms with Gasteiger partial charge in [0.05, 0.1) is 12.3 Å². The molecular weight excluding hydrogens is 334 g/mol. The van der Waals surface area contributed by atoms with Crippen molar-refractivity contribution in [2.75, 3.05) is 18.1 Å². The summed E-state index contributed by atoms with van der Waals surface area (Å²) in [5.74, 6) is -0.150. The number of nitrogens with zero attached hydrogens (tertiary/aromatic N) is 1. The van der Waals surface area contributed by atoms with Gasteiger partial charge in [-0.2, -0.15) is 0 Å². The van der Waals surface area contributed by atoms with Crippen molar-refractivity contribution in [1.29, 1.82) is 0 Å². The lowest BCUT2D eigenvalue weighted by Crippen LogP contribution is -2.54. The Hall–Kier alpha value is -2.37. The Kier molecular flexibility index (Phi) is 6.05. The number of amides is 1. The monoisotopic (exact) mass is 361 g/mol. The fourth-order valence-electron chi connectivity index (χ4n) is 2.70. The van der Waals surface area contributed by atoms with Crippen LogP contribution in [-0.2, 0) is 14.3 Å². The molecule has 1 heterocycles. The summed E-state index contributed by atoms with van der Waals surface area (Å²) >= 11 is 0. The third-order valence-corrected chi connectivity index (χ3v) is 4.04. The van der Waals surface area contributed by atoms with Crippen molar-refractivity contribution in [3.05, 3.63) is 23.8 Å². The first-order valence-corrected chi connectivity index (χ1v) is 8.99. The third kappa shape index (κ3) is 4.42. The summed E-state index contributed by atoms with van der Waals surface area (Å²) in [7, 11) is 0. The molecule has 2 rings (SSSR count). The smallest absolute Gasteiger partial charge is 0.326 e. The van der Waals surface area contributed by atoms with E-state index in [1.54, 1.807) is 32.0 Å². The first-order valence-electron chi connectivity index (χ1n) is 8.99. The van der Waals surface area contributed by atoms with Gasteiger partial charge < -0.3 is 9.47 Å². The van der Waals surface area contributed by atoms with Crippen LogP contribution in [0, 0.1) is 5.92 Å². The van der Waals surface area contributed by atoms with Gasteiger partial charge in [0.15, 0.2) is 11.4 Å². The van der Waals surface area contributed by atoms with Gasteiger partial charge in [-0.25, -0.2) is 0 Å². The first kappa shape index (κ1) is 19.9. The molecule has 1 amide bonds. The minimum Gasteiger partial charge on any atom is -0.476 e. The van der Waals surface area contributed by atoms with Crippen molar-refractivity contribution in [2.45, 2.75) is 53.1 Å². The number of carbonyl (C=O) groups excluding carboxylic acids is 3. The highest BCUT2D eigenvalue weighted by atomic mass is 16.5. The van der Waals surface area contributed by atoms with Gasteiger partial charge in [-0.1, -0.05) is 20.8 Å². The molecule has 1 aromatic rings. The van der Waals surface area contributed by atoms with Crippen LogP contribution in [0.25, 0.3) is 0 Å². The summed E-state index contributed by atoms with van der Waals surface area (Å²) in [4.78, 5) is 38.5. The Morgan fingerprint density at radius 3 is 2.58 bits per heavy atom. The number of anilines is 1. The summed E-state index contributed by atoms with van der Waals surface area (Å²) in [6.45, 7) is 9.21. The number of hydrogen-bond acceptors (Lipinski definition) is 5. The molecular formula is C20H27NO5. The number of carbonyl (C=O) groups is 3. The van der Waals surface area contributed by atoms with Crippen LogP contribution in [0.2, 0.25) is 0 Å². The van der Waals surface area contributed by atoms with Crippen molar-refractivity contribution in [1.82, 2.24) is 0 Å². The van der Waals surface area contributed by atoms with E-state index in [0.717, 1.165) is 6.42 Å². The number of benzene rings is 1. The second kappa shape index (κ2) is 7.89. The number of hydrogen-bond donors (Lipinski definition) is 0. The van der Waals surface area contributed by atoms with E-state index in [9.17, 15) is 14.4 Å². The summed E-state index contributed by atoms with van der Waals surface area (Å²) in [6.07, 6.45) is 1.17. The molecule has 0 unspecified atom stereocenters. The number of ketones is 1. The van der Waals surface area contributed by atoms with Crippen LogP contribution in [0.1, 0.15) is 57.8 Å². The van der Waals surface area contributed by atoms with Crippen LogP contribution in [0.5, 0.6) is 5.75 Å². The molecule has 0 spiro atoms. The highest BCUT2D eigenvalue weighted by Crippen LogP contribution is 2.38. The van der Waals surface area contributed by atoms with Crippen LogP contribution in [0.15, 0.2) is 18.2 Å². The molecule has 0 aromatic heterocycles. The van der Waals surface area contributed by atoms with Gasteiger partial charge in [-0.05, 0) is 44.4 Å². The zero-order valence-electron chi connectivity index (χ0n) is 16.1. The van der Waals surface area contributed by atoms with E-state index in [4.69, 9.17) is 9.47 Å². The molecule has 0 saturated heterocycles. The highest BCUT2D eigenvalue weighted by molar-refractivity contribution is 6.06. The second-order valence-electron chi connectivity index (χ2n) is 7.44. The van der Waals surface area contributed by atoms with Gasteiger partial charge in [-0.3, -0.25) is 19.3 Å². The van der Waals surface area contributed by atoms with E-state index >= 15 is 0 Å². The van der Waals surface area contributed by atoms with E-state index < -0.39 is 11.6 Å². The Morgan fingerprint density at radius 1 is 1.27 bits per heavy atom. The van der Waals surface area contributed by atoms with Crippen molar-refractivity contribution in [3.8, 4) is 5.75 Å². The van der Waals surface area contributed by atoms with E-state index in [1.807, 2.05) is 20.8 Å². The molecule has 26 heavy (non-hydrogen) atoms. The number of Topliss-reactive ketones (excluding diaryl/α,β-unsaturated/α-hetero) is 1. The fourth-order valence-corrected chi connectivity index (χ4v) is 2.70. The molecule has 142 valence electrons. The molecule has 0 saturated carbocycles. The summed E-state index contributed by atoms with van der Waals surface area (Å²) in [5, 5.41) is 0. The van der Waals surface area contributed by atoms with Crippen LogP contribution >= 0.6 is 0 Å². The number of fused-ring (bicyclic) bond motifs is 1. The molecule has 1 aliphatic rings. The van der Waals surface area contributed by atoms with Crippen molar-refractivity contribution in [2.24, 2.45) is 5.92 Å². The van der Waals surface area contributed by atoms with Gasteiger partial charge >= 0.3 is 5.97 Å². The van der Waals surface area contributed by atoms with E-state index in [0.29, 0.717) is 30.0 Å². The molecule has 6 nitrogen and oxygen atoms in total. The maximum Gasteiger partial charge on any atom is 0.326 e. The van der Waals surface area contributed by atoms with Crippen LogP contribution in [0.4, 0.5) is 5.69 Å². The number of ether oxygens (including phenoxy) is 2. The topological polar surface area (TPSA) is 72.9 Å². The maximum atomic E-state index is 12.8. The lowest BCUT2D eigenvalue weighted by Gasteiger charge is -2.38. The van der Waals surface area contributed by atoms with Gasteiger partial charge in [-0.15, -0.1) is 0 Å². The molecule has 1 aliphatic heterocycles. The van der Waals surface area contributed by atoms with Crippen LogP contribution in [-0.4, -0.2) is 36.4 Å². The summed E-state index contributed by atoms with van der Waals surface area (Å²) in [6, 6.07) is 4.99. The Balaban J connectivity index is 2.34. The molecule has 0 fully saturated rings. The molecule has 0 radical (unpaired) electrons. The first-order chi connectivity index (χ1) is 12.2. The molecule has 0 aliphatic carbocycles. The summed E-state index contributed by atoms with van der Waals surface area (Å²) < 4.78 is 11.0. The van der Waals surface area contributed by atoms with Crippen molar-refractivity contribution >= 4 is 23.3 Å². The highest BCUT2D eigenvalue weighted by Gasteiger charge is 2.42. The second-order valence-corrected chi connectivity index (χ2v) is 7.44. The summed E-state index contributed by atoms with van der Waals surface area (Å²) in [5.41, 5.74) is -0.166. The maximum absolute atomic E-state index is 12.8. The van der Waals surface area contributed by atoms with Crippen LogP contribution < -0.4 is 9.64 Å². The van der Waals surface area contributed by atoms with Gasteiger partial charge in [0.2, 0.25) is 0 Å². The van der Waals surface area contributed by atoms with E-state index in [-0.39, 0.29) is 24.2 Å². The predicted octanol–water partition coefficient (Wildman–Crippen LogP) is 3.37. The minimum atomic E-state index is -1.10. The molecule has 0 bridgehead atoms. The average molecular weight is 361 g/mol. The molecule has 0 N–H and O–H groups in total. The standard InChI is InChI=1S/C20H27NO5/c1-6-7-16(22)14-8-9-17-15(10-14)21(19(24)20(4,5)26-17)11-18(23)25-12-13(2)3/h8-10,13H,6-7,11-12H2,1-5H3. The number of rotatable bonds is 7. The van der Waals surface area contributed by atoms with Crippen LogP contribution in [0.3, 0.4) is 0 Å². The average Bonchev–Trinajstić information content (AvgIpc) is 2.56. The minimum absolute atomic E-state index is 0.00471. The molecule has 1 aromatic carbocycles. The largest absolute Gasteiger partial charge is 0.476 e. The predicted molar refractivity (Wildman–Crippen MR) is 98.5 cm³/mol. The molecule has 6 heteroatoms. The molecule has 0 atom stereocenters. The zero-order valence-corrected chi connectivity index (χ0v) is 16.1. The van der Waals surface area contributed by atoms with E-state index in [2.05, 4.69) is 0 Å². The van der Waals surface area contributed by atoms with Crippen molar-refractivity contribution < 1.29 is 23.9 Å². The fraction of sp³-hybridized carbons (Fsp3) is 0.550. The van der Waals surface area contributed by atoms with E-state index in [1.165, 1.54) is 4.90 Å². The lowest BCUT2D eigenvalue weighted by molar-refractivity contribution is -0.145. The Labute approximate surface area is 154 Å².